The summed E-state index contributed by atoms with van der Waals surface area (Å²) in [5.74, 6) is 0.110. The molecule has 0 aliphatic rings. The van der Waals surface area contributed by atoms with Gasteiger partial charge in [-0.2, -0.15) is 25.8 Å². The zero-order valence-electron chi connectivity index (χ0n) is 18.5. The third-order valence-electron chi connectivity index (χ3n) is 4.48. The lowest BCUT2D eigenvalue weighted by molar-refractivity contribution is -0.136. The fourth-order valence-corrected chi connectivity index (χ4v) is 3.28. The first-order valence-corrected chi connectivity index (χ1v) is 11.0. The van der Waals surface area contributed by atoms with E-state index in [1.54, 1.807) is 20.8 Å². The van der Waals surface area contributed by atoms with Crippen molar-refractivity contribution in [2.24, 2.45) is 0 Å². The maximum Gasteiger partial charge on any atom is 0.417 e. The van der Waals surface area contributed by atoms with Crippen LogP contribution in [0.4, 0.5) is 23.7 Å². The molecule has 2 N–H and O–H groups in total. The zero-order valence-corrected chi connectivity index (χ0v) is 19.4. The van der Waals surface area contributed by atoms with E-state index in [0.717, 1.165) is 25.0 Å². The third-order valence-corrected chi connectivity index (χ3v) is 4.79. The smallest absolute Gasteiger partial charge is 0.417 e. The van der Waals surface area contributed by atoms with Gasteiger partial charge in [-0.3, -0.25) is 4.79 Å². The van der Waals surface area contributed by atoms with Gasteiger partial charge in [-0.15, -0.1) is 0 Å². The molecule has 1 atom stereocenters. The second-order valence-electron chi connectivity index (χ2n) is 8.45. The quantitative estimate of drug-likeness (QED) is 0.272. The Bertz CT molecular complexity index is 1050. The molecule has 7 nitrogen and oxygen atoms in total. The van der Waals surface area contributed by atoms with Crippen LogP contribution in [0.1, 0.15) is 52.0 Å². The Labute approximate surface area is 194 Å². The Kier molecular flexibility index (Phi) is 8.82. The maximum atomic E-state index is 13.2. The highest BCUT2D eigenvalue weighted by Crippen LogP contribution is 2.34. The Morgan fingerprint density at radius 3 is 2.42 bits per heavy atom. The largest absolute Gasteiger partial charge is 0.444 e. The standard InChI is InChI=1S/C22H27F3N2O5S/c1-21(2,3)32-20(30)27-16(7-5-4-6-10-33)19(29)26-13-8-9-14-15(22(23,24)25)12-18(28)31-17(14)11-13/h8-9,11-12,16,33H,4-7,10H2,1-3H3,(H,26,29)(H,27,30)/t16-/m0/s1. The van der Waals surface area contributed by atoms with Crippen molar-refractivity contribution in [3.8, 4) is 0 Å². The second-order valence-corrected chi connectivity index (χ2v) is 8.90. The summed E-state index contributed by atoms with van der Waals surface area (Å²) in [6, 6.07) is 2.95. The summed E-state index contributed by atoms with van der Waals surface area (Å²) in [4.78, 5) is 36.6. The van der Waals surface area contributed by atoms with Gasteiger partial charge < -0.3 is 19.8 Å². The number of hydrogen-bond donors (Lipinski definition) is 3. The van der Waals surface area contributed by atoms with Gasteiger partial charge in [-0.1, -0.05) is 12.8 Å². The number of rotatable bonds is 8. The van der Waals surface area contributed by atoms with E-state index in [1.165, 1.54) is 6.07 Å². The number of halogens is 3. The van der Waals surface area contributed by atoms with Crippen LogP contribution in [-0.4, -0.2) is 29.4 Å². The lowest BCUT2D eigenvalue weighted by Gasteiger charge is -2.23. The van der Waals surface area contributed by atoms with Crippen LogP contribution >= 0.6 is 12.6 Å². The lowest BCUT2D eigenvalue weighted by Crippen LogP contribution is -2.45. The first kappa shape index (κ1) is 26.6. The Hall–Kier alpha value is -2.69. The van der Waals surface area contributed by atoms with Crippen molar-refractivity contribution in [3.05, 3.63) is 40.2 Å². The normalized spacial score (nSPS) is 12.9. The summed E-state index contributed by atoms with van der Waals surface area (Å²) in [5.41, 5.74) is -3.25. The number of nitrogens with one attached hydrogen (secondary N) is 2. The number of fused-ring (bicyclic) bond motifs is 1. The number of hydrogen-bond acceptors (Lipinski definition) is 6. The highest BCUT2D eigenvalue weighted by Gasteiger charge is 2.34. The van der Waals surface area contributed by atoms with Gasteiger partial charge in [-0.25, -0.2) is 9.59 Å². The summed E-state index contributed by atoms with van der Waals surface area (Å²) in [7, 11) is 0. The van der Waals surface area contributed by atoms with E-state index in [9.17, 15) is 27.6 Å². The third kappa shape index (κ3) is 8.30. The van der Waals surface area contributed by atoms with E-state index in [4.69, 9.17) is 9.15 Å². The predicted molar refractivity (Wildman–Crippen MR) is 122 cm³/mol. The van der Waals surface area contributed by atoms with Gasteiger partial charge >= 0.3 is 17.9 Å². The highest BCUT2D eigenvalue weighted by molar-refractivity contribution is 7.80. The van der Waals surface area contributed by atoms with Crippen LogP contribution in [0.2, 0.25) is 0 Å². The number of benzene rings is 1. The molecule has 0 saturated heterocycles. The predicted octanol–water partition coefficient (Wildman–Crippen LogP) is 5.13. The van der Waals surface area contributed by atoms with Gasteiger partial charge in [0.2, 0.25) is 5.91 Å². The lowest BCUT2D eigenvalue weighted by atomic mass is 10.1. The topological polar surface area (TPSA) is 97.6 Å². The first-order valence-electron chi connectivity index (χ1n) is 10.4. The molecule has 0 spiro atoms. The van der Waals surface area contributed by atoms with Crippen LogP contribution in [0.3, 0.4) is 0 Å². The van der Waals surface area contributed by atoms with E-state index >= 15 is 0 Å². The van der Waals surface area contributed by atoms with Crippen molar-refractivity contribution < 1.29 is 31.9 Å². The maximum absolute atomic E-state index is 13.2. The molecule has 2 rings (SSSR count). The van der Waals surface area contributed by atoms with Crippen molar-refractivity contribution in [3.63, 3.8) is 0 Å². The van der Waals surface area contributed by atoms with Crippen molar-refractivity contribution in [2.45, 2.75) is 64.3 Å². The molecule has 0 aliphatic carbocycles. The van der Waals surface area contributed by atoms with Gasteiger partial charge in [0.15, 0.2) is 0 Å². The molecule has 0 saturated carbocycles. The molecule has 1 aromatic heterocycles. The molecular formula is C22H27F3N2O5S. The molecule has 0 aliphatic heterocycles. The van der Waals surface area contributed by atoms with Gasteiger partial charge in [0.1, 0.15) is 17.2 Å². The van der Waals surface area contributed by atoms with Crippen LogP contribution in [0, 0.1) is 0 Å². The van der Waals surface area contributed by atoms with Crippen LogP contribution in [0.25, 0.3) is 11.0 Å². The minimum Gasteiger partial charge on any atom is -0.444 e. The number of unbranched alkanes of at least 4 members (excludes halogenated alkanes) is 2. The van der Waals surface area contributed by atoms with Crippen LogP contribution in [-0.2, 0) is 15.7 Å². The van der Waals surface area contributed by atoms with E-state index in [2.05, 4.69) is 23.3 Å². The summed E-state index contributed by atoms with van der Waals surface area (Å²) >= 11 is 4.15. The Morgan fingerprint density at radius 1 is 1.12 bits per heavy atom. The van der Waals surface area contributed by atoms with Crippen LogP contribution < -0.4 is 16.3 Å². The number of ether oxygens (including phenoxy) is 1. The number of amides is 2. The van der Waals surface area contributed by atoms with Crippen molar-refractivity contribution in [1.82, 2.24) is 5.32 Å². The van der Waals surface area contributed by atoms with Gasteiger partial charge in [0.25, 0.3) is 0 Å². The fourth-order valence-electron chi connectivity index (χ4n) is 3.06. The molecule has 0 fully saturated rings. The molecule has 1 aromatic carbocycles. The minimum atomic E-state index is -4.74. The number of alkyl halides is 3. The number of carbonyl (C=O) groups is 2. The minimum absolute atomic E-state index is 0.112. The summed E-state index contributed by atoms with van der Waals surface area (Å²) in [6.07, 6.45) is -2.92. The van der Waals surface area contributed by atoms with Crippen LogP contribution in [0.5, 0.6) is 0 Å². The molecule has 0 bridgehead atoms. The average molecular weight is 489 g/mol. The number of thiol groups is 1. The molecule has 0 radical (unpaired) electrons. The van der Waals surface area contributed by atoms with Crippen molar-refractivity contribution in [1.29, 1.82) is 0 Å². The first-order chi connectivity index (χ1) is 15.3. The van der Waals surface area contributed by atoms with Gasteiger partial charge in [-0.05, 0) is 51.5 Å². The van der Waals surface area contributed by atoms with E-state index < -0.39 is 41.0 Å². The summed E-state index contributed by atoms with van der Waals surface area (Å²) in [6.45, 7) is 5.06. The molecule has 11 heteroatoms. The van der Waals surface area contributed by atoms with Crippen LogP contribution in [0.15, 0.2) is 33.5 Å². The van der Waals surface area contributed by atoms with Gasteiger partial charge in [0.05, 0.1) is 5.56 Å². The SMILES string of the molecule is CC(C)(C)OC(=O)N[C@@H](CCCCCS)C(=O)Nc1ccc2c(C(F)(F)F)cc(=O)oc2c1. The Balaban J connectivity index is 2.23. The molecule has 182 valence electrons. The molecular weight excluding hydrogens is 461 g/mol. The summed E-state index contributed by atoms with van der Waals surface area (Å²) in [5, 5.41) is 4.77. The van der Waals surface area contributed by atoms with E-state index in [-0.39, 0.29) is 16.7 Å². The molecule has 0 unspecified atom stereocenters. The monoisotopic (exact) mass is 488 g/mol. The number of anilines is 1. The van der Waals surface area contributed by atoms with E-state index in [0.29, 0.717) is 24.7 Å². The highest BCUT2D eigenvalue weighted by atomic mass is 32.1. The molecule has 1 heterocycles. The van der Waals surface area contributed by atoms with E-state index in [1.807, 2.05) is 0 Å². The fraction of sp³-hybridized carbons (Fsp3) is 0.500. The van der Waals surface area contributed by atoms with Crippen molar-refractivity contribution >= 4 is 41.3 Å². The average Bonchev–Trinajstić information content (AvgIpc) is 2.67. The molecule has 2 amide bonds. The van der Waals surface area contributed by atoms with Gasteiger partial charge in [0, 0.05) is 23.2 Å². The Morgan fingerprint density at radius 2 is 1.82 bits per heavy atom. The summed E-state index contributed by atoms with van der Waals surface area (Å²) < 4.78 is 49.8. The number of carbonyl (C=O) groups excluding carboxylic acids is 2. The zero-order chi connectivity index (χ0) is 24.8. The second kappa shape index (κ2) is 11.0. The molecule has 2 aromatic rings. The number of alkyl carbamates (subject to hydrolysis) is 1. The molecule has 33 heavy (non-hydrogen) atoms. The van der Waals surface area contributed by atoms with Crippen molar-refractivity contribution in [2.75, 3.05) is 11.1 Å².